The van der Waals surface area contributed by atoms with Crippen molar-refractivity contribution in [2.45, 2.75) is 4.90 Å². The Labute approximate surface area is 198 Å². The van der Waals surface area contributed by atoms with E-state index in [0.717, 1.165) is 29.0 Å². The van der Waals surface area contributed by atoms with E-state index in [0.29, 0.717) is 5.69 Å². The van der Waals surface area contributed by atoms with E-state index in [1.165, 1.54) is 24.3 Å². The van der Waals surface area contributed by atoms with Gasteiger partial charge in [0.15, 0.2) is 0 Å². The van der Waals surface area contributed by atoms with Crippen LogP contribution in [0.25, 0.3) is 10.8 Å². The number of anilines is 2. The number of benzene rings is 4. The summed E-state index contributed by atoms with van der Waals surface area (Å²) < 4.78 is 28.3. The van der Waals surface area contributed by atoms with Crippen LogP contribution in [-0.2, 0) is 10.0 Å². The number of carbonyl (C=O) groups excluding carboxylic acids is 1. The number of fused-ring (bicyclic) bond motifs is 1. The van der Waals surface area contributed by atoms with Crippen LogP contribution in [-0.4, -0.2) is 24.2 Å². The van der Waals surface area contributed by atoms with Crippen LogP contribution in [0.5, 0.6) is 0 Å². The number of sulfonamides is 1. The molecule has 0 atom stereocenters. The molecule has 0 radical (unpaired) electrons. The summed E-state index contributed by atoms with van der Waals surface area (Å²) in [5.41, 5.74) is -0.906. The molecule has 0 aromatic heterocycles. The van der Waals surface area contributed by atoms with Crippen LogP contribution in [0, 0.1) is 20.2 Å². The molecule has 0 bridgehead atoms. The molecular formula is C23H16N4O7S. The molecule has 0 aliphatic carbocycles. The maximum absolute atomic E-state index is 12.9. The number of non-ortho nitro benzene ring substituents is 2. The molecule has 0 aliphatic heterocycles. The summed E-state index contributed by atoms with van der Waals surface area (Å²) in [6.45, 7) is 0. The van der Waals surface area contributed by atoms with E-state index in [9.17, 15) is 33.4 Å². The molecule has 12 heteroatoms. The van der Waals surface area contributed by atoms with E-state index in [1.807, 2.05) is 18.2 Å². The van der Waals surface area contributed by atoms with Crippen molar-refractivity contribution in [3.8, 4) is 0 Å². The van der Waals surface area contributed by atoms with Gasteiger partial charge in [0.2, 0.25) is 0 Å². The number of nitro groups is 2. The number of amides is 1. The minimum Gasteiger partial charge on any atom is -0.322 e. The van der Waals surface area contributed by atoms with Crippen molar-refractivity contribution < 1.29 is 23.1 Å². The van der Waals surface area contributed by atoms with E-state index in [-0.39, 0.29) is 16.1 Å². The highest BCUT2D eigenvalue weighted by atomic mass is 32.2. The number of carbonyl (C=O) groups is 1. The van der Waals surface area contributed by atoms with Gasteiger partial charge in [-0.05, 0) is 35.7 Å². The second-order valence-corrected chi connectivity index (χ2v) is 9.05. The van der Waals surface area contributed by atoms with Crippen LogP contribution < -0.4 is 10.0 Å². The molecule has 0 spiro atoms. The molecule has 0 saturated carbocycles. The molecule has 4 aromatic rings. The quantitative estimate of drug-likeness (QED) is 0.279. The zero-order valence-electron chi connectivity index (χ0n) is 17.7. The monoisotopic (exact) mass is 492 g/mol. The fourth-order valence-corrected chi connectivity index (χ4v) is 4.46. The number of hydrogen-bond acceptors (Lipinski definition) is 7. The van der Waals surface area contributed by atoms with Crippen LogP contribution in [0.15, 0.2) is 89.8 Å². The lowest BCUT2D eigenvalue weighted by Gasteiger charge is -2.11. The average molecular weight is 492 g/mol. The summed E-state index contributed by atoms with van der Waals surface area (Å²) in [5.74, 6) is -0.832. The van der Waals surface area contributed by atoms with Crippen LogP contribution in [0.4, 0.5) is 22.7 Å². The predicted octanol–water partition coefficient (Wildman–Crippen LogP) is 4.71. The van der Waals surface area contributed by atoms with Gasteiger partial charge in [-0.1, -0.05) is 36.4 Å². The first-order chi connectivity index (χ1) is 16.6. The molecule has 11 nitrogen and oxygen atoms in total. The summed E-state index contributed by atoms with van der Waals surface area (Å²) >= 11 is 0. The molecule has 4 rings (SSSR count). The van der Waals surface area contributed by atoms with Gasteiger partial charge in [-0.15, -0.1) is 0 Å². The van der Waals surface area contributed by atoms with Crippen molar-refractivity contribution in [3.05, 3.63) is 111 Å². The minimum atomic E-state index is -3.95. The van der Waals surface area contributed by atoms with Gasteiger partial charge in [-0.25, -0.2) is 8.42 Å². The van der Waals surface area contributed by atoms with E-state index < -0.39 is 37.2 Å². The summed E-state index contributed by atoms with van der Waals surface area (Å²) in [7, 11) is -3.95. The molecule has 4 aromatic carbocycles. The highest BCUT2D eigenvalue weighted by molar-refractivity contribution is 7.92. The van der Waals surface area contributed by atoms with Gasteiger partial charge in [0, 0.05) is 23.2 Å². The smallest absolute Gasteiger partial charge is 0.277 e. The number of nitro benzene ring substituents is 2. The third-order valence-electron chi connectivity index (χ3n) is 5.04. The van der Waals surface area contributed by atoms with Gasteiger partial charge in [0.25, 0.3) is 27.3 Å². The average Bonchev–Trinajstić information content (AvgIpc) is 2.84. The largest absolute Gasteiger partial charge is 0.322 e. The van der Waals surface area contributed by atoms with Crippen LogP contribution in [0.1, 0.15) is 10.4 Å². The van der Waals surface area contributed by atoms with E-state index in [1.54, 1.807) is 24.3 Å². The fraction of sp³-hybridized carbons (Fsp3) is 0. The first kappa shape index (κ1) is 23.3. The Morgan fingerprint density at radius 2 is 1.37 bits per heavy atom. The second kappa shape index (κ2) is 9.19. The van der Waals surface area contributed by atoms with Gasteiger partial charge in [0.1, 0.15) is 0 Å². The third kappa shape index (κ3) is 5.07. The van der Waals surface area contributed by atoms with Crippen molar-refractivity contribution >= 4 is 49.5 Å². The SMILES string of the molecule is O=C(Nc1ccc(S(=O)(=O)Nc2cccc3ccccc23)cc1)c1cc([N+](=O)[O-])cc([N+](=O)[O-])c1. The van der Waals surface area contributed by atoms with Gasteiger partial charge >= 0.3 is 0 Å². The van der Waals surface area contributed by atoms with Crippen LogP contribution in [0.2, 0.25) is 0 Å². The van der Waals surface area contributed by atoms with Gasteiger partial charge in [0.05, 0.1) is 32.1 Å². The summed E-state index contributed by atoms with van der Waals surface area (Å²) in [4.78, 5) is 32.8. The zero-order chi connectivity index (χ0) is 25.2. The highest BCUT2D eigenvalue weighted by Gasteiger charge is 2.20. The van der Waals surface area contributed by atoms with Crippen molar-refractivity contribution in [2.75, 3.05) is 10.0 Å². The summed E-state index contributed by atoms with van der Waals surface area (Å²) in [5, 5.41) is 26.1. The van der Waals surface area contributed by atoms with E-state index >= 15 is 0 Å². The van der Waals surface area contributed by atoms with Crippen LogP contribution >= 0.6 is 0 Å². The molecule has 1 amide bonds. The van der Waals surface area contributed by atoms with E-state index in [4.69, 9.17) is 0 Å². The Hall–Kier alpha value is -4.84. The molecule has 0 fully saturated rings. The van der Waals surface area contributed by atoms with Gasteiger partial charge in [-0.2, -0.15) is 0 Å². The summed E-state index contributed by atoms with van der Waals surface area (Å²) in [6.07, 6.45) is 0. The fourth-order valence-electron chi connectivity index (χ4n) is 3.38. The Morgan fingerprint density at radius 1 is 0.771 bits per heavy atom. The molecule has 176 valence electrons. The third-order valence-corrected chi connectivity index (χ3v) is 6.42. The molecule has 35 heavy (non-hydrogen) atoms. The van der Waals surface area contributed by atoms with Gasteiger partial charge in [-0.3, -0.25) is 29.7 Å². The maximum atomic E-state index is 12.9. The highest BCUT2D eigenvalue weighted by Crippen LogP contribution is 2.27. The van der Waals surface area contributed by atoms with Gasteiger partial charge < -0.3 is 5.32 Å². The standard InChI is InChI=1S/C23H16N4O7S/c28-23(16-12-18(26(29)30)14-19(13-16)27(31)32)24-17-8-10-20(11-9-17)35(33,34)25-22-7-3-5-15-4-1-2-6-21(15)22/h1-14,25H,(H,24,28). The molecular weight excluding hydrogens is 476 g/mol. The van der Waals surface area contributed by atoms with E-state index in [2.05, 4.69) is 10.0 Å². The maximum Gasteiger partial charge on any atom is 0.277 e. The lowest BCUT2D eigenvalue weighted by atomic mass is 10.1. The van der Waals surface area contributed by atoms with Crippen LogP contribution in [0.3, 0.4) is 0 Å². The number of rotatable bonds is 7. The molecule has 0 unspecified atom stereocenters. The van der Waals surface area contributed by atoms with Crippen molar-refractivity contribution in [1.82, 2.24) is 0 Å². The van der Waals surface area contributed by atoms with Crippen molar-refractivity contribution in [1.29, 1.82) is 0 Å². The minimum absolute atomic E-state index is 0.0607. The number of nitrogens with one attached hydrogen (secondary N) is 2. The second-order valence-electron chi connectivity index (χ2n) is 7.36. The Balaban J connectivity index is 1.54. The number of nitrogens with zero attached hydrogens (tertiary/aromatic N) is 2. The Morgan fingerprint density at radius 3 is 2.00 bits per heavy atom. The lowest BCUT2D eigenvalue weighted by molar-refractivity contribution is -0.394. The van der Waals surface area contributed by atoms with Crippen molar-refractivity contribution in [2.24, 2.45) is 0 Å². The Kier molecular flexibility index (Phi) is 6.12. The first-order valence-corrected chi connectivity index (χ1v) is 11.5. The number of hydrogen-bond donors (Lipinski definition) is 2. The van der Waals surface area contributed by atoms with Crippen molar-refractivity contribution in [3.63, 3.8) is 0 Å². The summed E-state index contributed by atoms with van der Waals surface area (Å²) in [6, 6.07) is 20.3. The first-order valence-electron chi connectivity index (χ1n) is 10.00. The topological polar surface area (TPSA) is 162 Å². The predicted molar refractivity (Wildman–Crippen MR) is 129 cm³/mol. The Bertz CT molecular complexity index is 1550. The lowest BCUT2D eigenvalue weighted by Crippen LogP contribution is -2.14. The molecule has 0 heterocycles. The normalized spacial score (nSPS) is 11.1. The molecule has 0 aliphatic rings. The molecule has 0 saturated heterocycles. The zero-order valence-corrected chi connectivity index (χ0v) is 18.6. The molecule has 2 N–H and O–H groups in total.